The molecular formula is C61H69NO14S. The Hall–Kier alpha value is -5.72. The van der Waals surface area contributed by atoms with Crippen LogP contribution in [0, 0.1) is 11.8 Å². The second-order valence-electron chi connectivity index (χ2n) is 23.3. The summed E-state index contributed by atoms with van der Waals surface area (Å²) in [6.07, 6.45) is 6.81. The number of hydrogen-bond donors (Lipinski definition) is 3. The highest BCUT2D eigenvalue weighted by Crippen LogP contribution is 2.73. The molecule has 6 aliphatic heterocycles. The Morgan fingerprint density at radius 3 is 2.38 bits per heavy atom. The van der Waals surface area contributed by atoms with E-state index in [0.29, 0.717) is 58.7 Å². The maximum absolute atomic E-state index is 15.8. The molecule has 3 saturated heterocycles. The molecule has 6 fully saturated rings. The molecule has 3 aromatic carbocycles. The van der Waals surface area contributed by atoms with Crippen molar-refractivity contribution in [3.05, 3.63) is 117 Å². The number of nitrogens with one attached hydrogen (secondary N) is 1. The van der Waals surface area contributed by atoms with Gasteiger partial charge in [-0.3, -0.25) is 4.79 Å². The number of rotatable bonds is 12. The van der Waals surface area contributed by atoms with E-state index in [2.05, 4.69) is 31.3 Å². The third-order valence-corrected chi connectivity index (χ3v) is 18.0. The minimum atomic E-state index is -1.59. The van der Waals surface area contributed by atoms with Crippen molar-refractivity contribution in [2.75, 3.05) is 19.0 Å². The zero-order chi connectivity index (χ0) is 54.7. The van der Waals surface area contributed by atoms with Crippen molar-refractivity contribution in [1.29, 1.82) is 0 Å². The number of aliphatic hydroxyl groups is 2. The normalized spacial score (nSPS) is 32.3. The molecule has 6 heterocycles. The largest absolute Gasteiger partial charge is 0.482 e. The third kappa shape index (κ3) is 8.77. The number of allylic oxidation sites excluding steroid dienone is 4. The lowest BCUT2D eigenvalue weighted by Gasteiger charge is -2.60. The number of ketones is 1. The van der Waals surface area contributed by atoms with Crippen molar-refractivity contribution in [3.63, 3.8) is 0 Å². The van der Waals surface area contributed by atoms with Gasteiger partial charge in [0.05, 0.1) is 47.4 Å². The molecular weight excluding hydrogens is 1000 g/mol. The maximum atomic E-state index is 15.8. The molecule has 408 valence electrons. The van der Waals surface area contributed by atoms with Gasteiger partial charge in [-0.2, -0.15) is 0 Å². The number of anilines is 1. The van der Waals surface area contributed by atoms with Gasteiger partial charge in [0, 0.05) is 45.1 Å². The molecule has 12 rings (SSSR count). The molecule has 3 aromatic rings. The van der Waals surface area contributed by atoms with Crippen LogP contribution >= 0.6 is 11.8 Å². The van der Waals surface area contributed by atoms with Gasteiger partial charge in [-0.25, -0.2) is 9.59 Å². The molecule has 3 N–H and O–H groups in total. The number of Topliss-reactive ketones (excluding diaryl/α,β-unsaturated/α-hetero) is 1. The summed E-state index contributed by atoms with van der Waals surface area (Å²) in [4.78, 5) is 44.8. The molecule has 4 bridgehead atoms. The molecule has 3 saturated carbocycles. The third-order valence-electron chi connectivity index (χ3n) is 16.6. The fraction of sp³-hybridized carbons (Fsp3) is 0.492. The summed E-state index contributed by atoms with van der Waals surface area (Å²) in [6.45, 7) is 19.6. The van der Waals surface area contributed by atoms with E-state index in [0.717, 1.165) is 28.1 Å². The maximum Gasteiger partial charge on any atom is 0.343 e. The van der Waals surface area contributed by atoms with Gasteiger partial charge in [0.15, 0.2) is 28.5 Å². The molecule has 11 atom stereocenters. The van der Waals surface area contributed by atoms with Crippen LogP contribution in [0.2, 0.25) is 0 Å². The highest BCUT2D eigenvalue weighted by atomic mass is 32.2. The van der Waals surface area contributed by atoms with Crippen molar-refractivity contribution < 1.29 is 67.2 Å². The minimum Gasteiger partial charge on any atom is -0.482 e. The van der Waals surface area contributed by atoms with Crippen LogP contribution in [0.5, 0.6) is 23.0 Å². The van der Waals surface area contributed by atoms with Gasteiger partial charge < -0.3 is 58.2 Å². The lowest BCUT2D eigenvalue weighted by molar-refractivity contribution is -0.373. The van der Waals surface area contributed by atoms with E-state index in [1.165, 1.54) is 12.7 Å². The fourth-order valence-corrected chi connectivity index (χ4v) is 14.3. The topological polar surface area (TPSA) is 187 Å². The number of carbonyl (C=O) groups is 3. The summed E-state index contributed by atoms with van der Waals surface area (Å²) in [5.74, 6) is -1.76. The Morgan fingerprint density at radius 1 is 0.909 bits per heavy atom. The second kappa shape index (κ2) is 19.3. The van der Waals surface area contributed by atoms with Gasteiger partial charge in [-0.15, -0.1) is 11.8 Å². The van der Waals surface area contributed by atoms with E-state index in [4.69, 9.17) is 42.6 Å². The number of fused-ring (bicyclic) bond motifs is 5. The van der Waals surface area contributed by atoms with E-state index in [1.54, 1.807) is 62.9 Å². The first kappa shape index (κ1) is 53.3. The summed E-state index contributed by atoms with van der Waals surface area (Å²) >= 11 is 1.62. The predicted octanol–water partition coefficient (Wildman–Crippen LogP) is 10.0. The Morgan fingerprint density at radius 2 is 1.65 bits per heavy atom. The highest BCUT2D eigenvalue weighted by molar-refractivity contribution is 8.00. The first-order valence-corrected chi connectivity index (χ1v) is 27.5. The standard InChI is InChI=1S/C61H69NO14S/c1-31(2)15-14-26-59(10)27-25-37-48(74-59)36(23-18-32(3)4)50-43(49(37)72-55(67)34-19-21-35(22-20-34)70-56-47(64)46(63)51-40(71-56)30-69-58(8,9)73-51)45-44-52(77-41-17-13-12-16-39(41)62-45)38-29-42-57(6,7)76-60(53(38)65,61(42,44)75-50)28-24-33(5)54(66)68-11/h12-13,15-22,24-25,27,38,40,42,46-47,51-52,56,62-64H,14,23,26,28-30H2,1-11H3/b33-24-/t38-,40+,42+,46+,47+,51+,52?,56+,59?,60?,61?/m0/s1. The van der Waals surface area contributed by atoms with Crippen molar-refractivity contribution in [2.45, 2.75) is 170 Å². The summed E-state index contributed by atoms with van der Waals surface area (Å²) < 4.78 is 58.3. The first-order chi connectivity index (χ1) is 36.5. The van der Waals surface area contributed by atoms with Crippen LogP contribution in [0.25, 0.3) is 11.8 Å². The van der Waals surface area contributed by atoms with Crippen LogP contribution in [0.3, 0.4) is 0 Å². The van der Waals surface area contributed by atoms with Gasteiger partial charge in [-0.05, 0) is 143 Å². The van der Waals surface area contributed by atoms with E-state index in [9.17, 15) is 15.0 Å². The molecule has 16 heteroatoms. The summed E-state index contributed by atoms with van der Waals surface area (Å²) in [5.41, 5.74) is 2.15. The first-order valence-electron chi connectivity index (χ1n) is 26.7. The molecule has 0 amide bonds. The molecule has 1 spiro atoms. The van der Waals surface area contributed by atoms with E-state index in [-0.39, 0.29) is 41.8 Å². The van der Waals surface area contributed by atoms with Crippen LogP contribution in [0.15, 0.2) is 100 Å². The number of methoxy groups -OCH3 is 1. The molecule has 4 unspecified atom stereocenters. The highest BCUT2D eigenvalue weighted by Gasteiger charge is 2.83. The van der Waals surface area contributed by atoms with Gasteiger partial charge in [0.25, 0.3) is 0 Å². The van der Waals surface area contributed by atoms with Crippen LogP contribution in [0.1, 0.15) is 122 Å². The van der Waals surface area contributed by atoms with Crippen LogP contribution in [-0.2, 0) is 39.7 Å². The number of esters is 2. The van der Waals surface area contributed by atoms with E-state index in [1.807, 2.05) is 71.0 Å². The Balaban J connectivity index is 1.08. The van der Waals surface area contributed by atoms with E-state index >= 15 is 9.59 Å². The molecule has 0 radical (unpaired) electrons. The monoisotopic (exact) mass is 1070 g/mol. The van der Waals surface area contributed by atoms with Gasteiger partial charge in [0.1, 0.15) is 47.3 Å². The van der Waals surface area contributed by atoms with Crippen LogP contribution in [0.4, 0.5) is 5.69 Å². The number of ether oxygens (including phenoxy) is 9. The average Bonchev–Trinajstić information content (AvgIpc) is 3.09. The molecule has 3 aliphatic carbocycles. The van der Waals surface area contributed by atoms with Gasteiger partial charge in [0.2, 0.25) is 6.29 Å². The zero-order valence-electron chi connectivity index (χ0n) is 45.6. The molecule has 15 nitrogen and oxygen atoms in total. The lowest BCUT2D eigenvalue weighted by atomic mass is 9.49. The summed E-state index contributed by atoms with van der Waals surface area (Å²) in [5, 5.41) is 25.6. The number of benzene rings is 3. The second-order valence-corrected chi connectivity index (χ2v) is 24.5. The summed E-state index contributed by atoms with van der Waals surface area (Å²) in [6, 6.07) is 14.3. The van der Waals surface area contributed by atoms with Crippen molar-refractivity contribution in [3.8, 4) is 23.0 Å². The van der Waals surface area contributed by atoms with Crippen molar-refractivity contribution >= 4 is 46.9 Å². The summed E-state index contributed by atoms with van der Waals surface area (Å²) in [7, 11) is 1.33. The van der Waals surface area contributed by atoms with Gasteiger partial charge >= 0.3 is 11.9 Å². The van der Waals surface area contributed by atoms with E-state index < -0.39 is 82.0 Å². The predicted molar refractivity (Wildman–Crippen MR) is 289 cm³/mol. The van der Waals surface area contributed by atoms with Crippen LogP contribution < -0.4 is 24.3 Å². The zero-order valence-corrected chi connectivity index (χ0v) is 46.4. The fourth-order valence-electron chi connectivity index (χ4n) is 12.8. The van der Waals surface area contributed by atoms with Crippen molar-refractivity contribution in [1.82, 2.24) is 0 Å². The smallest absolute Gasteiger partial charge is 0.343 e. The number of thioether (sulfide) groups is 1. The Labute approximate surface area is 454 Å². The molecule has 77 heavy (non-hydrogen) atoms. The SMILES string of the molecule is COC(=O)/C(C)=C\CC12OC(C)(C)[C@H]3C[C@H](C1=O)C1Sc4ccccc4NC4=C1C32Oc1c(CC=C(C)C)c2c(c(OC(=O)c3ccc(O[C@@H]5O[C@@H]6COC(C)(C)O[C@H]6[C@H](O)[C@H]5O)cc3)c14)C=CC(C)(CCC=C(C)C)O2. The quantitative estimate of drug-likeness (QED) is 0.0673. The minimum absolute atomic E-state index is 0.0335. The molecule has 0 aromatic heterocycles. The van der Waals surface area contributed by atoms with Crippen molar-refractivity contribution in [2.24, 2.45) is 11.8 Å². The lowest BCUT2D eigenvalue weighted by Crippen LogP contribution is -2.75. The average molecular weight is 1070 g/mol. The number of hydrogen-bond acceptors (Lipinski definition) is 16. The number of carbonyl (C=O) groups excluding carboxylic acids is 3. The molecule has 9 aliphatic rings. The number of para-hydroxylation sites is 1. The van der Waals surface area contributed by atoms with Gasteiger partial charge in [-0.1, -0.05) is 41.5 Å². The van der Waals surface area contributed by atoms with Crippen LogP contribution in [-0.4, -0.2) is 106 Å². The number of aliphatic hydroxyl groups excluding tert-OH is 2. The Kier molecular flexibility index (Phi) is 13.3. The Bertz CT molecular complexity index is 3110.